The fourth-order valence-corrected chi connectivity index (χ4v) is 3.82. The zero-order valence-electron chi connectivity index (χ0n) is 16.4. The van der Waals surface area contributed by atoms with Gasteiger partial charge in [-0.05, 0) is 59.6 Å². The van der Waals surface area contributed by atoms with E-state index in [0.29, 0.717) is 18.0 Å². The monoisotopic (exact) mass is 400 g/mol. The average Bonchev–Trinajstić information content (AvgIpc) is 2.70. The lowest BCUT2D eigenvalue weighted by atomic mass is 9.91. The van der Waals surface area contributed by atoms with E-state index >= 15 is 0 Å². The number of nitrogens with zero attached hydrogens (tertiary/aromatic N) is 1. The van der Waals surface area contributed by atoms with E-state index in [-0.39, 0.29) is 11.9 Å². The third-order valence-corrected chi connectivity index (χ3v) is 6.02. The van der Waals surface area contributed by atoms with E-state index in [0.717, 1.165) is 35.3 Å². The van der Waals surface area contributed by atoms with Gasteiger partial charge < -0.3 is 15.2 Å². The largest absolute Gasteiger partial charge is 0.772 e. The molecule has 1 aliphatic heterocycles. The van der Waals surface area contributed by atoms with Crippen LogP contribution in [0.25, 0.3) is 0 Å². The summed E-state index contributed by atoms with van der Waals surface area (Å²) in [4.78, 5) is 17.1. The number of benzene rings is 1. The van der Waals surface area contributed by atoms with Crippen LogP contribution in [-0.4, -0.2) is 26.2 Å². The summed E-state index contributed by atoms with van der Waals surface area (Å²) in [5.74, 6) is 0.281. The second-order valence-corrected chi connectivity index (χ2v) is 8.75. The first-order valence-electron chi connectivity index (χ1n) is 9.54. The first-order chi connectivity index (χ1) is 13.4. The molecule has 2 unspecified atom stereocenters. The van der Waals surface area contributed by atoms with Crippen LogP contribution in [-0.2, 0) is 24.0 Å². The number of amides is 1. The Kier molecular flexibility index (Phi) is 6.59. The van der Waals surface area contributed by atoms with Crippen molar-refractivity contribution in [1.82, 2.24) is 15.6 Å². The van der Waals surface area contributed by atoms with Crippen LogP contribution >= 0.6 is 0 Å². The summed E-state index contributed by atoms with van der Waals surface area (Å²) in [6.45, 7) is 7.23. The Morgan fingerprint density at radius 3 is 2.68 bits per heavy atom. The van der Waals surface area contributed by atoms with Crippen LogP contribution in [0.5, 0.6) is 0 Å². The molecule has 0 spiro atoms. The summed E-state index contributed by atoms with van der Waals surface area (Å²) < 4.78 is 22.1. The quantitative estimate of drug-likeness (QED) is 0.727. The minimum absolute atomic E-state index is 0.159. The molecule has 1 aromatic heterocycles. The summed E-state index contributed by atoms with van der Waals surface area (Å²) >= 11 is -2.14. The van der Waals surface area contributed by atoms with Gasteiger partial charge in [0.2, 0.25) is 0 Å². The smallest absolute Gasteiger partial charge is 0.253 e. The molecule has 0 radical (unpaired) electrons. The first-order valence-corrected chi connectivity index (χ1v) is 10.7. The van der Waals surface area contributed by atoms with Crippen molar-refractivity contribution in [3.63, 3.8) is 0 Å². The van der Waals surface area contributed by atoms with Gasteiger partial charge in [0.1, 0.15) is 0 Å². The van der Waals surface area contributed by atoms with Crippen molar-refractivity contribution in [3.8, 4) is 0 Å². The van der Waals surface area contributed by atoms with Crippen molar-refractivity contribution in [2.75, 3.05) is 6.54 Å². The fraction of sp³-hybridized carbons (Fsp3) is 0.429. The number of carbonyl (C=O) groups is 1. The molecular formula is C21H26N3O3S-. The lowest BCUT2D eigenvalue weighted by molar-refractivity contribution is 0.0950. The van der Waals surface area contributed by atoms with Crippen LogP contribution in [0.2, 0.25) is 0 Å². The topological polar surface area (TPSA) is 94.2 Å². The number of nitrogens with one attached hydrogen (secondary N) is 2. The van der Waals surface area contributed by atoms with E-state index in [9.17, 15) is 13.6 Å². The van der Waals surface area contributed by atoms with Gasteiger partial charge in [-0.25, -0.2) is 0 Å². The summed E-state index contributed by atoms with van der Waals surface area (Å²) in [7, 11) is 0. The zero-order chi connectivity index (χ0) is 20.3. The highest BCUT2D eigenvalue weighted by atomic mass is 32.2. The second-order valence-electron chi connectivity index (χ2n) is 7.52. The predicted molar refractivity (Wildman–Crippen MR) is 108 cm³/mol. The standard InChI is InChI=1S/C21H27N3O3S/c1-13(2)19-20-17(8-9-22-19)10-18(12-23-20)21(25)24-11-15-4-6-16(7-5-15)14(3)28(26)27/h4-7,10,12-14,19,22H,8-9,11H2,1-3H3,(H,24,25)(H,26,27)/p-1/t14?,19-/m0/s1. The SMILES string of the molecule is CC(C)[C@@H]1NCCc2cc(C(=O)NCc3ccc(C(C)S(=O)[O-])cc3)cnc21. The van der Waals surface area contributed by atoms with Crippen molar-refractivity contribution in [1.29, 1.82) is 0 Å². The number of rotatable bonds is 6. The van der Waals surface area contributed by atoms with E-state index in [4.69, 9.17) is 0 Å². The third-order valence-electron chi connectivity index (χ3n) is 5.17. The molecule has 2 heterocycles. The van der Waals surface area contributed by atoms with Gasteiger partial charge in [0, 0.05) is 18.0 Å². The van der Waals surface area contributed by atoms with Gasteiger partial charge in [-0.15, -0.1) is 0 Å². The van der Waals surface area contributed by atoms with Crippen molar-refractivity contribution in [2.24, 2.45) is 5.92 Å². The molecular weight excluding hydrogens is 374 g/mol. The van der Waals surface area contributed by atoms with Crippen LogP contribution in [0, 0.1) is 5.92 Å². The number of hydrogen-bond donors (Lipinski definition) is 2. The molecule has 0 aliphatic carbocycles. The molecule has 1 aromatic carbocycles. The Morgan fingerprint density at radius 2 is 2.04 bits per heavy atom. The summed E-state index contributed by atoms with van der Waals surface area (Å²) in [5, 5.41) is 5.85. The van der Waals surface area contributed by atoms with Gasteiger partial charge in [0.25, 0.3) is 5.91 Å². The Labute approximate surface area is 168 Å². The highest BCUT2D eigenvalue weighted by molar-refractivity contribution is 7.79. The van der Waals surface area contributed by atoms with Crippen LogP contribution < -0.4 is 10.6 Å². The van der Waals surface area contributed by atoms with Crippen LogP contribution in [0.1, 0.15) is 64.8 Å². The molecule has 0 bridgehead atoms. The number of pyridine rings is 1. The minimum Gasteiger partial charge on any atom is -0.772 e. The molecule has 2 aromatic rings. The maximum absolute atomic E-state index is 12.5. The van der Waals surface area contributed by atoms with Crippen molar-refractivity contribution in [3.05, 3.63) is 64.5 Å². The van der Waals surface area contributed by atoms with Crippen molar-refractivity contribution in [2.45, 2.75) is 45.0 Å². The number of hydrogen-bond acceptors (Lipinski definition) is 5. The van der Waals surface area contributed by atoms with Gasteiger partial charge in [0.15, 0.2) is 0 Å². The lowest BCUT2D eigenvalue weighted by Crippen LogP contribution is -2.34. The summed E-state index contributed by atoms with van der Waals surface area (Å²) in [5.41, 5.74) is 4.38. The van der Waals surface area contributed by atoms with Gasteiger partial charge in [-0.1, -0.05) is 38.1 Å². The Hall–Kier alpha value is -2.09. The Balaban J connectivity index is 1.65. The third kappa shape index (κ3) is 4.66. The van der Waals surface area contributed by atoms with Crippen LogP contribution in [0.3, 0.4) is 0 Å². The number of carbonyl (C=O) groups excluding carboxylic acids is 1. The summed E-state index contributed by atoms with van der Waals surface area (Å²) in [6, 6.07) is 9.40. The zero-order valence-corrected chi connectivity index (χ0v) is 17.2. The highest BCUT2D eigenvalue weighted by Crippen LogP contribution is 2.27. The lowest BCUT2D eigenvalue weighted by Gasteiger charge is -2.29. The number of aromatic nitrogens is 1. The summed E-state index contributed by atoms with van der Waals surface area (Å²) in [6.07, 6.45) is 2.51. The molecule has 0 saturated heterocycles. The first kappa shape index (κ1) is 20.6. The van der Waals surface area contributed by atoms with Crippen LogP contribution in [0.4, 0.5) is 0 Å². The second kappa shape index (κ2) is 8.94. The highest BCUT2D eigenvalue weighted by Gasteiger charge is 2.24. The van der Waals surface area contributed by atoms with E-state index in [1.54, 1.807) is 25.3 Å². The molecule has 3 rings (SSSR count). The molecule has 0 fully saturated rings. The van der Waals surface area contributed by atoms with E-state index in [2.05, 4.69) is 29.5 Å². The molecule has 0 saturated carbocycles. The van der Waals surface area contributed by atoms with Crippen molar-refractivity contribution < 1.29 is 13.6 Å². The van der Waals surface area contributed by atoms with E-state index in [1.807, 2.05) is 18.2 Å². The van der Waals surface area contributed by atoms with Gasteiger partial charge in [-0.2, -0.15) is 0 Å². The Morgan fingerprint density at radius 1 is 1.32 bits per heavy atom. The fourth-order valence-electron chi connectivity index (χ4n) is 3.44. The van der Waals surface area contributed by atoms with Crippen LogP contribution in [0.15, 0.2) is 36.5 Å². The van der Waals surface area contributed by atoms with Crippen molar-refractivity contribution >= 4 is 17.0 Å². The predicted octanol–water partition coefficient (Wildman–Crippen LogP) is 2.79. The molecule has 28 heavy (non-hydrogen) atoms. The molecule has 1 amide bonds. The maximum Gasteiger partial charge on any atom is 0.253 e. The van der Waals surface area contributed by atoms with E-state index in [1.165, 1.54) is 0 Å². The van der Waals surface area contributed by atoms with E-state index < -0.39 is 16.3 Å². The van der Waals surface area contributed by atoms with Gasteiger partial charge >= 0.3 is 0 Å². The molecule has 150 valence electrons. The molecule has 3 atom stereocenters. The normalized spacial score (nSPS) is 18.4. The molecule has 6 nitrogen and oxygen atoms in total. The molecule has 1 aliphatic rings. The van der Waals surface area contributed by atoms with Gasteiger partial charge in [0.05, 0.1) is 17.3 Å². The Bertz CT molecular complexity index is 868. The average molecular weight is 401 g/mol. The maximum atomic E-state index is 12.5. The number of fused-ring (bicyclic) bond motifs is 1. The molecule has 7 heteroatoms. The minimum atomic E-state index is -2.14. The molecule has 2 N–H and O–H groups in total. The van der Waals surface area contributed by atoms with Gasteiger partial charge in [-0.3, -0.25) is 14.0 Å².